The number of carboxylic acids is 2. The van der Waals surface area contributed by atoms with E-state index >= 15 is 0 Å². The Morgan fingerprint density at radius 1 is 1.04 bits per heavy atom. The summed E-state index contributed by atoms with van der Waals surface area (Å²) in [5.41, 5.74) is -0.771. The number of amides is 1. The van der Waals surface area contributed by atoms with E-state index in [1.54, 1.807) is 30.3 Å². The third-order valence-electron chi connectivity index (χ3n) is 4.00. The van der Waals surface area contributed by atoms with Crippen molar-refractivity contribution >= 4 is 17.8 Å². The van der Waals surface area contributed by atoms with Gasteiger partial charge in [-0.15, -0.1) is 0 Å². The van der Waals surface area contributed by atoms with Crippen molar-refractivity contribution in [2.45, 2.75) is 57.6 Å². The summed E-state index contributed by atoms with van der Waals surface area (Å²) < 4.78 is 5.31. The van der Waals surface area contributed by atoms with E-state index < -0.39 is 29.5 Å². The molecule has 3 N–H and O–H groups in total. The van der Waals surface area contributed by atoms with Gasteiger partial charge in [0.15, 0.2) is 5.60 Å². The summed E-state index contributed by atoms with van der Waals surface area (Å²) in [5.74, 6) is -2.46. The van der Waals surface area contributed by atoms with Crippen LogP contribution in [0.15, 0.2) is 30.3 Å². The molecule has 7 heteroatoms. The lowest BCUT2D eigenvalue weighted by atomic mass is 10.1. The molecule has 1 amide bonds. The molecule has 1 unspecified atom stereocenters. The van der Waals surface area contributed by atoms with Gasteiger partial charge in [0, 0.05) is 12.2 Å². The largest absolute Gasteiger partial charge is 0.480 e. The molecule has 0 aliphatic heterocycles. The summed E-state index contributed by atoms with van der Waals surface area (Å²) >= 11 is 0. The van der Waals surface area contributed by atoms with Crippen molar-refractivity contribution in [1.82, 2.24) is 5.32 Å². The van der Waals surface area contributed by atoms with Crippen LogP contribution in [0.3, 0.4) is 0 Å². The van der Waals surface area contributed by atoms with Crippen LogP contribution in [0.1, 0.15) is 56.3 Å². The van der Waals surface area contributed by atoms with Crippen LogP contribution in [0, 0.1) is 0 Å². The molecular weight excluding hydrogens is 338 g/mol. The minimum atomic E-state index is -1.20. The molecule has 0 spiro atoms. The van der Waals surface area contributed by atoms with Gasteiger partial charge in [-0.2, -0.15) is 0 Å². The SMILES string of the molecule is CC(C)(OCCCCCCC(NC(=O)c1ccccc1)C(=O)O)C(=O)O. The second-order valence-electron chi connectivity index (χ2n) is 6.60. The van der Waals surface area contributed by atoms with E-state index in [0.717, 1.165) is 12.8 Å². The Morgan fingerprint density at radius 3 is 2.23 bits per heavy atom. The van der Waals surface area contributed by atoms with Crippen LogP contribution in [0.4, 0.5) is 0 Å². The maximum atomic E-state index is 12.0. The highest BCUT2D eigenvalue weighted by Crippen LogP contribution is 2.12. The van der Waals surface area contributed by atoms with E-state index in [4.69, 9.17) is 9.84 Å². The number of ether oxygens (including phenoxy) is 1. The van der Waals surface area contributed by atoms with Gasteiger partial charge < -0.3 is 20.3 Å². The number of carboxylic acid groups (broad SMARTS) is 2. The normalized spacial score (nSPS) is 12.4. The molecule has 0 aliphatic carbocycles. The molecule has 0 heterocycles. The number of nitrogens with one attached hydrogen (secondary N) is 1. The van der Waals surface area contributed by atoms with E-state index in [0.29, 0.717) is 31.4 Å². The van der Waals surface area contributed by atoms with Crippen LogP contribution in [-0.4, -0.2) is 46.3 Å². The van der Waals surface area contributed by atoms with Gasteiger partial charge in [0.1, 0.15) is 6.04 Å². The zero-order valence-electron chi connectivity index (χ0n) is 15.2. The minimum absolute atomic E-state index is 0.340. The predicted octanol–water partition coefficient (Wildman–Crippen LogP) is 2.70. The molecule has 0 saturated carbocycles. The first-order chi connectivity index (χ1) is 12.2. The van der Waals surface area contributed by atoms with Gasteiger partial charge >= 0.3 is 11.9 Å². The van der Waals surface area contributed by atoms with Crippen molar-refractivity contribution in [3.05, 3.63) is 35.9 Å². The molecular formula is C19H27NO6. The summed E-state index contributed by atoms with van der Waals surface area (Å²) in [4.78, 5) is 34.3. The molecule has 0 bridgehead atoms. The summed E-state index contributed by atoms with van der Waals surface area (Å²) in [7, 11) is 0. The highest BCUT2D eigenvalue weighted by molar-refractivity contribution is 5.96. The van der Waals surface area contributed by atoms with E-state index in [1.807, 2.05) is 0 Å². The number of aliphatic carboxylic acids is 2. The van der Waals surface area contributed by atoms with Crippen LogP contribution in [0.2, 0.25) is 0 Å². The van der Waals surface area contributed by atoms with Crippen molar-refractivity contribution in [2.75, 3.05) is 6.61 Å². The molecule has 7 nitrogen and oxygen atoms in total. The summed E-state index contributed by atoms with van der Waals surface area (Å²) in [5, 5.41) is 20.7. The van der Waals surface area contributed by atoms with Crippen molar-refractivity contribution in [1.29, 1.82) is 0 Å². The number of rotatable bonds is 12. The van der Waals surface area contributed by atoms with Gasteiger partial charge in [-0.3, -0.25) is 4.79 Å². The van der Waals surface area contributed by atoms with Crippen LogP contribution in [0.5, 0.6) is 0 Å². The highest BCUT2D eigenvalue weighted by atomic mass is 16.5. The standard InChI is InChI=1S/C19H27NO6/c1-19(2,18(24)25)26-13-9-4-3-8-12-15(17(22)23)20-16(21)14-10-6-5-7-11-14/h5-7,10-11,15H,3-4,8-9,12-13H2,1-2H3,(H,20,21)(H,22,23)(H,24,25). The monoisotopic (exact) mass is 365 g/mol. The highest BCUT2D eigenvalue weighted by Gasteiger charge is 2.27. The fraction of sp³-hybridized carbons (Fsp3) is 0.526. The fourth-order valence-corrected chi connectivity index (χ4v) is 2.28. The second kappa shape index (κ2) is 10.6. The maximum absolute atomic E-state index is 12.0. The van der Waals surface area contributed by atoms with Crippen LogP contribution in [0.25, 0.3) is 0 Å². The number of hydrogen-bond acceptors (Lipinski definition) is 4. The lowest BCUT2D eigenvalue weighted by Crippen LogP contribution is -2.40. The van der Waals surface area contributed by atoms with Gasteiger partial charge in [-0.25, -0.2) is 9.59 Å². The first kappa shape index (κ1) is 21.6. The van der Waals surface area contributed by atoms with Crippen LogP contribution >= 0.6 is 0 Å². The summed E-state index contributed by atoms with van der Waals surface area (Å²) in [6.45, 7) is 3.34. The second-order valence-corrected chi connectivity index (χ2v) is 6.60. The van der Waals surface area contributed by atoms with Gasteiger partial charge in [0.05, 0.1) is 0 Å². The molecule has 26 heavy (non-hydrogen) atoms. The first-order valence-corrected chi connectivity index (χ1v) is 8.70. The fourth-order valence-electron chi connectivity index (χ4n) is 2.28. The number of carbonyl (C=O) groups excluding carboxylic acids is 1. The summed E-state index contributed by atoms with van der Waals surface area (Å²) in [6, 6.07) is 7.56. The Morgan fingerprint density at radius 2 is 1.65 bits per heavy atom. The molecule has 144 valence electrons. The summed E-state index contributed by atoms with van der Waals surface area (Å²) in [6.07, 6.45) is 3.27. The molecule has 1 aromatic carbocycles. The van der Waals surface area contributed by atoms with E-state index in [9.17, 15) is 19.5 Å². The first-order valence-electron chi connectivity index (χ1n) is 8.70. The predicted molar refractivity (Wildman–Crippen MR) is 96.1 cm³/mol. The smallest absolute Gasteiger partial charge is 0.335 e. The average molecular weight is 365 g/mol. The number of hydrogen-bond donors (Lipinski definition) is 3. The topological polar surface area (TPSA) is 113 Å². The molecule has 0 radical (unpaired) electrons. The number of benzene rings is 1. The Kier molecular flexibility index (Phi) is 8.78. The lowest BCUT2D eigenvalue weighted by Gasteiger charge is -2.19. The number of carbonyl (C=O) groups is 3. The third-order valence-corrected chi connectivity index (χ3v) is 4.00. The van der Waals surface area contributed by atoms with Gasteiger partial charge in [-0.1, -0.05) is 37.5 Å². The Labute approximate surface area is 153 Å². The molecule has 0 fully saturated rings. The van der Waals surface area contributed by atoms with Crippen molar-refractivity contribution < 1.29 is 29.3 Å². The van der Waals surface area contributed by atoms with Crippen molar-refractivity contribution in [3.8, 4) is 0 Å². The molecule has 0 saturated heterocycles. The van der Waals surface area contributed by atoms with Gasteiger partial charge in [0.2, 0.25) is 0 Å². The Hall–Kier alpha value is -2.41. The lowest BCUT2D eigenvalue weighted by molar-refractivity contribution is -0.161. The van der Waals surface area contributed by atoms with Crippen molar-refractivity contribution in [3.63, 3.8) is 0 Å². The van der Waals surface area contributed by atoms with Crippen molar-refractivity contribution in [2.24, 2.45) is 0 Å². The molecule has 0 aromatic heterocycles. The van der Waals surface area contributed by atoms with E-state index in [-0.39, 0.29) is 0 Å². The zero-order valence-corrected chi connectivity index (χ0v) is 15.2. The molecule has 0 aliphatic rings. The molecule has 1 aromatic rings. The Bertz CT molecular complexity index is 599. The van der Waals surface area contributed by atoms with E-state index in [1.165, 1.54) is 13.8 Å². The molecule has 1 atom stereocenters. The zero-order chi connectivity index (χ0) is 19.6. The van der Waals surface area contributed by atoms with Crippen LogP contribution < -0.4 is 5.32 Å². The van der Waals surface area contributed by atoms with Gasteiger partial charge in [-0.05, 0) is 38.8 Å². The quantitative estimate of drug-likeness (QED) is 0.491. The van der Waals surface area contributed by atoms with Crippen LogP contribution in [-0.2, 0) is 14.3 Å². The van der Waals surface area contributed by atoms with Gasteiger partial charge in [0.25, 0.3) is 5.91 Å². The number of unbranched alkanes of at least 4 members (excludes halogenated alkanes) is 3. The Balaban J connectivity index is 2.27. The molecule has 1 rings (SSSR count). The van der Waals surface area contributed by atoms with E-state index in [2.05, 4.69) is 5.32 Å². The maximum Gasteiger partial charge on any atom is 0.335 e. The average Bonchev–Trinajstić information content (AvgIpc) is 2.60. The minimum Gasteiger partial charge on any atom is -0.480 e. The third kappa shape index (κ3) is 7.65.